The van der Waals surface area contributed by atoms with E-state index in [0.717, 1.165) is 61.5 Å². The third-order valence-corrected chi connectivity index (χ3v) is 7.70. The highest BCUT2D eigenvalue weighted by atomic mass is 32.2. The largest absolute Gasteiger partial charge is 0.384 e. The minimum atomic E-state index is -0.330. The van der Waals surface area contributed by atoms with E-state index in [-0.39, 0.29) is 17.1 Å². The van der Waals surface area contributed by atoms with E-state index in [1.165, 1.54) is 41.7 Å². The number of benzene rings is 2. The van der Waals surface area contributed by atoms with Crippen LogP contribution in [0.3, 0.4) is 0 Å². The molecule has 0 saturated heterocycles. The molecule has 0 fully saturated rings. The van der Waals surface area contributed by atoms with Crippen molar-refractivity contribution in [3.8, 4) is 0 Å². The van der Waals surface area contributed by atoms with E-state index >= 15 is 0 Å². The lowest BCUT2D eigenvalue weighted by atomic mass is 9.86. The van der Waals surface area contributed by atoms with Gasteiger partial charge in [0.25, 0.3) is 5.24 Å². The summed E-state index contributed by atoms with van der Waals surface area (Å²) in [7, 11) is 0. The number of thioether (sulfide) groups is 1. The van der Waals surface area contributed by atoms with E-state index in [2.05, 4.69) is 57.1 Å². The predicted molar refractivity (Wildman–Crippen MR) is 144 cm³/mol. The zero-order chi connectivity index (χ0) is 24.2. The molecule has 184 valence electrons. The Labute approximate surface area is 209 Å². The van der Waals surface area contributed by atoms with Gasteiger partial charge in [0.1, 0.15) is 5.52 Å². The Hall–Kier alpha value is -3.00. The van der Waals surface area contributed by atoms with Gasteiger partial charge in [0.05, 0.1) is 34.9 Å². The van der Waals surface area contributed by atoms with Crippen LogP contribution in [-0.2, 0) is 6.42 Å². The second-order valence-electron chi connectivity index (χ2n) is 9.25. The number of aromatic amines is 1. The lowest BCUT2D eigenvalue weighted by molar-refractivity contribution is 0.269. The van der Waals surface area contributed by atoms with Crippen molar-refractivity contribution in [3.63, 3.8) is 0 Å². The molecule has 35 heavy (non-hydrogen) atoms. The van der Waals surface area contributed by atoms with E-state index < -0.39 is 0 Å². The van der Waals surface area contributed by atoms with E-state index in [1.807, 2.05) is 0 Å². The molecular formula is C27H32FN5OS. The molecular weight excluding hydrogens is 461 g/mol. The molecule has 6 nitrogen and oxygen atoms in total. The quantitative estimate of drug-likeness (QED) is 0.249. The van der Waals surface area contributed by atoms with E-state index in [9.17, 15) is 9.18 Å². The van der Waals surface area contributed by atoms with Crippen molar-refractivity contribution in [2.45, 2.75) is 51.5 Å². The first kappa shape index (κ1) is 23.7. The van der Waals surface area contributed by atoms with Gasteiger partial charge in [-0.15, -0.1) is 0 Å². The lowest BCUT2D eigenvalue weighted by Gasteiger charge is -2.29. The number of hydrogen-bond donors (Lipinski definition) is 4. The Morgan fingerprint density at radius 2 is 2.14 bits per heavy atom. The van der Waals surface area contributed by atoms with Crippen molar-refractivity contribution in [3.05, 3.63) is 59.7 Å². The number of aromatic nitrogens is 2. The molecule has 2 atom stereocenters. The fraction of sp³-hybridized carbons (Fsp3) is 0.407. The zero-order valence-corrected chi connectivity index (χ0v) is 20.8. The fourth-order valence-corrected chi connectivity index (χ4v) is 5.92. The van der Waals surface area contributed by atoms with E-state index in [0.29, 0.717) is 17.0 Å². The molecule has 0 bridgehead atoms. The summed E-state index contributed by atoms with van der Waals surface area (Å²) >= 11 is 1.36. The van der Waals surface area contributed by atoms with Crippen LogP contribution in [0.15, 0.2) is 42.7 Å². The Bertz CT molecular complexity index is 1240. The summed E-state index contributed by atoms with van der Waals surface area (Å²) in [6.45, 7) is 2.81. The van der Waals surface area contributed by atoms with Crippen molar-refractivity contribution in [2.75, 3.05) is 28.2 Å². The van der Waals surface area contributed by atoms with Gasteiger partial charge in [-0.1, -0.05) is 23.9 Å². The molecule has 0 spiro atoms. The third kappa shape index (κ3) is 5.32. The second-order valence-corrected chi connectivity index (χ2v) is 10.3. The number of nitrogens with one attached hydrogen (secondary N) is 4. The van der Waals surface area contributed by atoms with Gasteiger partial charge in [0, 0.05) is 12.3 Å². The van der Waals surface area contributed by atoms with Gasteiger partial charge in [0.2, 0.25) is 0 Å². The number of anilines is 3. The van der Waals surface area contributed by atoms with Crippen LogP contribution in [0.1, 0.15) is 56.2 Å². The van der Waals surface area contributed by atoms with Crippen LogP contribution in [0, 0.1) is 11.7 Å². The normalized spacial score (nSPS) is 19.0. The van der Waals surface area contributed by atoms with Crippen LogP contribution in [0.4, 0.5) is 26.2 Å². The van der Waals surface area contributed by atoms with Gasteiger partial charge in [-0.2, -0.15) is 0 Å². The SMILES string of the molecule is CCNc1cc2c(cc1NC(=O)SCCC1C=CCC1)CCCC2Nc1ccc(F)c2nc[nH]c12. The number of nitrogens with zero attached hydrogens (tertiary/aromatic N) is 1. The molecule has 2 unspecified atom stereocenters. The monoisotopic (exact) mass is 493 g/mol. The first-order valence-electron chi connectivity index (χ1n) is 12.5. The third-order valence-electron chi connectivity index (χ3n) is 6.89. The first-order valence-corrected chi connectivity index (χ1v) is 13.5. The molecule has 5 rings (SSSR count). The maximum Gasteiger partial charge on any atom is 0.283 e. The maximum atomic E-state index is 14.1. The summed E-state index contributed by atoms with van der Waals surface area (Å²) < 4.78 is 14.1. The molecule has 1 heterocycles. The minimum Gasteiger partial charge on any atom is -0.384 e. The summed E-state index contributed by atoms with van der Waals surface area (Å²) in [5.74, 6) is 1.11. The highest BCUT2D eigenvalue weighted by Crippen LogP contribution is 2.39. The maximum absolute atomic E-state index is 14.1. The first-order chi connectivity index (χ1) is 17.1. The van der Waals surface area contributed by atoms with Crippen LogP contribution < -0.4 is 16.0 Å². The van der Waals surface area contributed by atoms with Gasteiger partial charge >= 0.3 is 0 Å². The van der Waals surface area contributed by atoms with Crippen LogP contribution in [0.5, 0.6) is 0 Å². The molecule has 0 saturated carbocycles. The predicted octanol–water partition coefficient (Wildman–Crippen LogP) is 7.24. The van der Waals surface area contributed by atoms with Gasteiger partial charge in [-0.3, -0.25) is 4.79 Å². The molecule has 1 amide bonds. The molecule has 2 aliphatic carbocycles. The number of carbonyl (C=O) groups excluding carboxylic acids is 1. The number of rotatable bonds is 8. The lowest BCUT2D eigenvalue weighted by Crippen LogP contribution is -2.19. The number of allylic oxidation sites excluding steroid dienone is 2. The molecule has 2 aliphatic rings. The van der Waals surface area contributed by atoms with E-state index in [4.69, 9.17) is 0 Å². The van der Waals surface area contributed by atoms with Crippen molar-refractivity contribution in [2.24, 2.45) is 5.92 Å². The van der Waals surface area contributed by atoms with Crippen LogP contribution in [-0.4, -0.2) is 27.5 Å². The summed E-state index contributed by atoms with van der Waals surface area (Å²) in [5.41, 5.74) is 6.07. The Kier molecular flexibility index (Phi) is 7.27. The highest BCUT2D eigenvalue weighted by molar-refractivity contribution is 8.13. The van der Waals surface area contributed by atoms with Crippen molar-refractivity contribution in [1.29, 1.82) is 0 Å². The minimum absolute atomic E-state index is 0.00971. The van der Waals surface area contributed by atoms with Crippen LogP contribution in [0.25, 0.3) is 11.0 Å². The number of carbonyl (C=O) groups is 1. The van der Waals surface area contributed by atoms with E-state index in [1.54, 1.807) is 6.07 Å². The Balaban J connectivity index is 1.33. The number of halogens is 1. The average molecular weight is 494 g/mol. The fourth-order valence-electron chi connectivity index (χ4n) is 5.14. The summed E-state index contributed by atoms with van der Waals surface area (Å²) in [6, 6.07) is 7.59. The summed E-state index contributed by atoms with van der Waals surface area (Å²) in [4.78, 5) is 19.9. The number of hydrogen-bond acceptors (Lipinski definition) is 5. The average Bonchev–Trinajstić information content (AvgIpc) is 3.55. The zero-order valence-electron chi connectivity index (χ0n) is 20.0. The topological polar surface area (TPSA) is 81.8 Å². The standard InChI is InChI=1S/C27H32FN5OS/c1-2-29-23-15-19-18(14-24(23)33-27(34)35-13-12-17-6-3-4-7-17)8-5-9-21(19)32-22-11-10-20(28)25-26(22)31-16-30-25/h3,6,10-11,14-17,21,29,32H,2,4-5,7-9,12-13H2,1H3,(H,30,31)(H,33,34). The van der Waals surface area contributed by atoms with Crippen molar-refractivity contribution in [1.82, 2.24) is 9.97 Å². The number of aryl methyl sites for hydroxylation is 1. The number of amides is 1. The van der Waals surface area contributed by atoms with Gasteiger partial charge in [0.15, 0.2) is 5.82 Å². The number of imidazole rings is 1. The smallest absolute Gasteiger partial charge is 0.283 e. The molecule has 4 N–H and O–H groups in total. The second kappa shape index (κ2) is 10.7. The van der Waals surface area contributed by atoms with Gasteiger partial charge in [-0.25, -0.2) is 9.37 Å². The molecule has 0 aliphatic heterocycles. The Morgan fingerprint density at radius 3 is 2.97 bits per heavy atom. The van der Waals surface area contributed by atoms with Crippen molar-refractivity contribution < 1.29 is 9.18 Å². The van der Waals surface area contributed by atoms with Gasteiger partial charge < -0.3 is 20.9 Å². The summed E-state index contributed by atoms with van der Waals surface area (Å²) in [5, 5.41) is 10.2. The van der Waals surface area contributed by atoms with Crippen molar-refractivity contribution >= 4 is 45.1 Å². The molecule has 0 radical (unpaired) electrons. The number of fused-ring (bicyclic) bond motifs is 2. The molecule has 8 heteroatoms. The molecule has 1 aromatic heterocycles. The Morgan fingerprint density at radius 1 is 1.23 bits per heavy atom. The number of H-pyrrole nitrogens is 1. The molecule has 2 aromatic carbocycles. The highest BCUT2D eigenvalue weighted by Gasteiger charge is 2.24. The van der Waals surface area contributed by atoms with Gasteiger partial charge in [-0.05, 0) is 86.8 Å². The molecule has 3 aromatic rings. The summed E-state index contributed by atoms with van der Waals surface area (Å²) in [6.07, 6.45) is 12.4. The van der Waals surface area contributed by atoms with Crippen LogP contribution in [0.2, 0.25) is 0 Å². The van der Waals surface area contributed by atoms with Crippen LogP contribution >= 0.6 is 11.8 Å².